The van der Waals surface area contributed by atoms with E-state index in [4.69, 9.17) is 5.11 Å². The zero-order chi connectivity index (χ0) is 9.07. The van der Waals surface area contributed by atoms with Crippen molar-refractivity contribution < 1.29 is 23.5 Å². The van der Waals surface area contributed by atoms with Gasteiger partial charge in [0.25, 0.3) is 5.67 Å². The molecule has 0 saturated heterocycles. The molecule has 0 radical (unpaired) electrons. The molecule has 1 N–H and O–H groups in total. The average molecular weight is 166 g/mol. The zero-order valence-electron chi connectivity index (χ0n) is 5.93. The Morgan fingerprint density at radius 3 is 2.09 bits per heavy atom. The van der Waals surface area contributed by atoms with Gasteiger partial charge in [0, 0.05) is 0 Å². The molecule has 0 saturated carbocycles. The second-order valence-electron chi connectivity index (χ2n) is 2.02. The van der Waals surface area contributed by atoms with E-state index in [-0.39, 0.29) is 0 Å². The fourth-order valence-electron chi connectivity index (χ4n) is 0.574. The Kier molecular flexibility index (Phi) is 3.10. The average Bonchev–Trinajstić information content (AvgIpc) is 2.01. The van der Waals surface area contributed by atoms with E-state index in [9.17, 15) is 18.4 Å². The number of hydrogen-bond acceptors (Lipinski definition) is 2. The molecule has 1 unspecified atom stereocenters. The molecule has 0 aliphatic rings. The van der Waals surface area contributed by atoms with Crippen molar-refractivity contribution in [3.63, 3.8) is 0 Å². The van der Waals surface area contributed by atoms with Crippen LogP contribution in [0.5, 0.6) is 0 Å². The Bertz CT molecular complexity index is 181. The maximum absolute atomic E-state index is 12.8. The third-order valence-electron chi connectivity index (χ3n) is 1.39. The first-order valence-electron chi connectivity index (χ1n) is 3.00. The first kappa shape index (κ1) is 10.0. The fourth-order valence-corrected chi connectivity index (χ4v) is 0.574. The number of rotatable bonds is 4. The first-order chi connectivity index (χ1) is 4.99. The van der Waals surface area contributed by atoms with Crippen molar-refractivity contribution in [2.45, 2.75) is 19.0 Å². The smallest absolute Gasteiger partial charge is 0.349 e. The predicted octanol–water partition coefficient (Wildman–Crippen LogP) is 0.728. The molecule has 0 amide bonds. The number of alkyl halides is 2. The van der Waals surface area contributed by atoms with Crippen LogP contribution in [-0.2, 0) is 9.59 Å². The molecular weight excluding hydrogens is 158 g/mol. The summed E-state index contributed by atoms with van der Waals surface area (Å²) in [5.41, 5.74) is -3.05. The summed E-state index contributed by atoms with van der Waals surface area (Å²) < 4.78 is 24.4. The largest absolute Gasteiger partial charge is 0.479 e. The molecular formula is C6H8F2O3. The van der Waals surface area contributed by atoms with E-state index in [1.165, 1.54) is 6.92 Å². The zero-order valence-corrected chi connectivity index (χ0v) is 5.93. The van der Waals surface area contributed by atoms with Crippen molar-refractivity contribution in [1.29, 1.82) is 0 Å². The standard InChI is InChI=1S/C6H8F2O3/c1-2-6(8,5(10)11)4(9)3-7/h2-3H2,1H3,(H,10,11). The van der Waals surface area contributed by atoms with Gasteiger partial charge in [-0.05, 0) is 6.42 Å². The van der Waals surface area contributed by atoms with Gasteiger partial charge < -0.3 is 5.11 Å². The highest BCUT2D eigenvalue weighted by molar-refractivity contribution is 6.06. The normalized spacial score (nSPS) is 15.5. The molecule has 0 aliphatic carbocycles. The molecule has 1 atom stereocenters. The Morgan fingerprint density at radius 1 is 1.55 bits per heavy atom. The molecule has 0 bridgehead atoms. The SMILES string of the molecule is CCC(F)(C(=O)O)C(=O)CF. The summed E-state index contributed by atoms with van der Waals surface area (Å²) in [6, 6.07) is 0. The quantitative estimate of drug-likeness (QED) is 0.626. The highest BCUT2D eigenvalue weighted by Crippen LogP contribution is 2.17. The third kappa shape index (κ3) is 1.72. The van der Waals surface area contributed by atoms with E-state index in [1.54, 1.807) is 0 Å². The minimum atomic E-state index is -3.05. The van der Waals surface area contributed by atoms with Gasteiger partial charge in [0.2, 0.25) is 5.78 Å². The summed E-state index contributed by atoms with van der Waals surface area (Å²) in [5.74, 6) is -3.46. The van der Waals surface area contributed by atoms with Gasteiger partial charge in [0.15, 0.2) is 6.67 Å². The lowest BCUT2D eigenvalue weighted by molar-refractivity contribution is -0.157. The summed E-state index contributed by atoms with van der Waals surface area (Å²) in [5, 5.41) is 8.17. The number of carbonyl (C=O) groups is 2. The van der Waals surface area contributed by atoms with Crippen LogP contribution in [0.15, 0.2) is 0 Å². The van der Waals surface area contributed by atoms with Gasteiger partial charge in [-0.25, -0.2) is 13.6 Å². The molecule has 0 aromatic rings. The second kappa shape index (κ2) is 3.41. The Balaban J connectivity index is 4.59. The third-order valence-corrected chi connectivity index (χ3v) is 1.39. The molecule has 0 spiro atoms. The van der Waals surface area contributed by atoms with Crippen LogP contribution in [0.1, 0.15) is 13.3 Å². The summed E-state index contributed by atoms with van der Waals surface area (Å²) >= 11 is 0. The minimum absolute atomic E-state index is 0.551. The Labute approximate surface area is 62.0 Å². The molecule has 0 aromatic carbocycles. The number of aliphatic carboxylic acids is 1. The number of hydrogen-bond donors (Lipinski definition) is 1. The van der Waals surface area contributed by atoms with Crippen LogP contribution in [0.2, 0.25) is 0 Å². The Morgan fingerprint density at radius 2 is 2.00 bits per heavy atom. The second-order valence-corrected chi connectivity index (χ2v) is 2.02. The van der Waals surface area contributed by atoms with E-state index < -0.39 is 30.5 Å². The molecule has 0 heterocycles. The lowest BCUT2D eigenvalue weighted by atomic mass is 9.98. The summed E-state index contributed by atoms with van der Waals surface area (Å²) in [7, 11) is 0. The summed E-state index contributed by atoms with van der Waals surface area (Å²) in [6.07, 6.45) is -0.551. The number of Topliss-reactive ketones (excluding diaryl/α,β-unsaturated/α-hetero) is 1. The fraction of sp³-hybridized carbons (Fsp3) is 0.667. The van der Waals surface area contributed by atoms with Gasteiger partial charge in [-0.1, -0.05) is 6.92 Å². The van der Waals surface area contributed by atoms with E-state index in [2.05, 4.69) is 0 Å². The minimum Gasteiger partial charge on any atom is -0.479 e. The van der Waals surface area contributed by atoms with Crippen molar-refractivity contribution in [3.05, 3.63) is 0 Å². The molecule has 0 aliphatic heterocycles. The van der Waals surface area contributed by atoms with Gasteiger partial charge in [-0.15, -0.1) is 0 Å². The number of ketones is 1. The number of carboxylic acid groups (broad SMARTS) is 1. The summed E-state index contributed by atoms with van der Waals surface area (Å²) in [4.78, 5) is 20.5. The van der Waals surface area contributed by atoms with Crippen molar-refractivity contribution in [2.24, 2.45) is 0 Å². The monoisotopic (exact) mass is 166 g/mol. The van der Waals surface area contributed by atoms with Gasteiger partial charge in [0.1, 0.15) is 0 Å². The molecule has 0 fully saturated rings. The number of carboxylic acids is 1. The van der Waals surface area contributed by atoms with E-state index in [1.807, 2.05) is 0 Å². The molecule has 5 heteroatoms. The predicted molar refractivity (Wildman–Crippen MR) is 32.7 cm³/mol. The van der Waals surface area contributed by atoms with Crippen molar-refractivity contribution in [3.8, 4) is 0 Å². The Hall–Kier alpha value is -1.00. The van der Waals surface area contributed by atoms with Gasteiger partial charge in [0.05, 0.1) is 0 Å². The maximum atomic E-state index is 12.8. The first-order valence-corrected chi connectivity index (χ1v) is 3.00. The van der Waals surface area contributed by atoms with E-state index in [0.29, 0.717) is 0 Å². The molecule has 64 valence electrons. The topological polar surface area (TPSA) is 54.4 Å². The van der Waals surface area contributed by atoms with Crippen molar-refractivity contribution in [2.75, 3.05) is 6.67 Å². The highest BCUT2D eigenvalue weighted by Gasteiger charge is 2.44. The van der Waals surface area contributed by atoms with Crippen molar-refractivity contribution in [1.82, 2.24) is 0 Å². The van der Waals surface area contributed by atoms with Crippen molar-refractivity contribution >= 4 is 11.8 Å². The van der Waals surface area contributed by atoms with Crippen LogP contribution in [0.3, 0.4) is 0 Å². The van der Waals surface area contributed by atoms with Crippen LogP contribution < -0.4 is 0 Å². The highest BCUT2D eigenvalue weighted by atomic mass is 19.1. The van der Waals surface area contributed by atoms with Crippen LogP contribution in [0.25, 0.3) is 0 Å². The molecule has 11 heavy (non-hydrogen) atoms. The van der Waals surface area contributed by atoms with Gasteiger partial charge in [-0.3, -0.25) is 4.79 Å². The van der Waals surface area contributed by atoms with Gasteiger partial charge >= 0.3 is 5.97 Å². The number of carbonyl (C=O) groups excluding carboxylic acids is 1. The lowest BCUT2D eigenvalue weighted by Crippen LogP contribution is -2.42. The molecule has 0 rings (SSSR count). The van der Waals surface area contributed by atoms with Crippen LogP contribution in [0.4, 0.5) is 8.78 Å². The van der Waals surface area contributed by atoms with E-state index >= 15 is 0 Å². The van der Waals surface area contributed by atoms with Crippen LogP contribution >= 0.6 is 0 Å². The maximum Gasteiger partial charge on any atom is 0.349 e. The van der Waals surface area contributed by atoms with Gasteiger partial charge in [-0.2, -0.15) is 0 Å². The number of halogens is 2. The molecule has 0 aromatic heterocycles. The van der Waals surface area contributed by atoms with E-state index in [0.717, 1.165) is 0 Å². The van der Waals surface area contributed by atoms with Crippen LogP contribution in [-0.4, -0.2) is 29.2 Å². The lowest BCUT2D eigenvalue weighted by Gasteiger charge is -2.14. The summed E-state index contributed by atoms with van der Waals surface area (Å²) in [6.45, 7) is -0.418. The van der Waals surface area contributed by atoms with Crippen LogP contribution in [0, 0.1) is 0 Å². The molecule has 3 nitrogen and oxygen atoms in total.